The number of ether oxygens (including phenoxy) is 1. The van der Waals surface area contributed by atoms with Gasteiger partial charge >= 0.3 is 6.09 Å². The van der Waals surface area contributed by atoms with E-state index in [1.807, 2.05) is 25.7 Å². The Hall–Kier alpha value is -2.05. The second-order valence-corrected chi connectivity index (χ2v) is 8.18. The molecule has 0 spiro atoms. The lowest BCUT2D eigenvalue weighted by Crippen LogP contribution is -2.41. The van der Waals surface area contributed by atoms with Crippen molar-refractivity contribution in [3.63, 3.8) is 0 Å². The molecule has 3 heterocycles. The fourth-order valence-electron chi connectivity index (χ4n) is 3.50. The third-order valence-electron chi connectivity index (χ3n) is 4.73. The molecular formula is C18H28N4O3. The topological polar surface area (TPSA) is 78.5 Å². The van der Waals surface area contributed by atoms with Gasteiger partial charge in [-0.05, 0) is 46.0 Å². The summed E-state index contributed by atoms with van der Waals surface area (Å²) in [5.74, 6) is 0.546. The number of carbonyl (C=O) groups excluding carboxylic acids is 2. The molecule has 1 unspecified atom stereocenters. The molecule has 1 saturated heterocycles. The van der Waals surface area contributed by atoms with Crippen LogP contribution < -0.4 is 0 Å². The van der Waals surface area contributed by atoms with Crippen LogP contribution in [0.1, 0.15) is 62.3 Å². The highest BCUT2D eigenvalue weighted by atomic mass is 16.6. The predicted molar refractivity (Wildman–Crippen MR) is 93.2 cm³/mol. The van der Waals surface area contributed by atoms with E-state index in [2.05, 4.69) is 17.1 Å². The Bertz CT molecular complexity index is 662. The molecule has 138 valence electrons. The van der Waals surface area contributed by atoms with E-state index in [1.165, 1.54) is 6.42 Å². The molecule has 1 atom stereocenters. The van der Waals surface area contributed by atoms with Crippen molar-refractivity contribution >= 4 is 12.0 Å². The van der Waals surface area contributed by atoms with Gasteiger partial charge in [-0.2, -0.15) is 5.10 Å². The lowest BCUT2D eigenvalue weighted by molar-refractivity contribution is 0.0221. The van der Waals surface area contributed by atoms with E-state index < -0.39 is 5.60 Å². The van der Waals surface area contributed by atoms with Gasteiger partial charge in [-0.15, -0.1) is 0 Å². The van der Waals surface area contributed by atoms with Crippen molar-refractivity contribution in [1.82, 2.24) is 20.0 Å². The molecule has 1 N–H and O–H groups in total. The maximum absolute atomic E-state index is 12.8. The fraction of sp³-hybridized carbons (Fsp3) is 0.722. The van der Waals surface area contributed by atoms with E-state index in [0.29, 0.717) is 31.1 Å². The highest BCUT2D eigenvalue weighted by Gasteiger charge is 2.32. The Morgan fingerprint density at radius 1 is 1.24 bits per heavy atom. The SMILES string of the molecule is CC1CCCN(C(=O)c2n[nH]c3c2CCN(C(=O)OC(C)(C)C)C3)C1. The molecule has 0 aromatic carbocycles. The molecule has 1 aromatic heterocycles. The molecular weight excluding hydrogens is 320 g/mol. The van der Waals surface area contributed by atoms with Crippen LogP contribution in [0.5, 0.6) is 0 Å². The van der Waals surface area contributed by atoms with E-state index in [-0.39, 0.29) is 12.0 Å². The number of carbonyl (C=O) groups is 2. The third-order valence-corrected chi connectivity index (χ3v) is 4.73. The first-order chi connectivity index (χ1) is 11.7. The van der Waals surface area contributed by atoms with Crippen LogP contribution in [0.25, 0.3) is 0 Å². The van der Waals surface area contributed by atoms with Gasteiger partial charge in [0, 0.05) is 25.2 Å². The van der Waals surface area contributed by atoms with Crippen molar-refractivity contribution in [2.75, 3.05) is 19.6 Å². The average molecular weight is 348 g/mol. The van der Waals surface area contributed by atoms with Gasteiger partial charge in [-0.1, -0.05) is 6.92 Å². The molecule has 0 aliphatic carbocycles. The van der Waals surface area contributed by atoms with Gasteiger partial charge in [0.05, 0.1) is 12.2 Å². The molecule has 3 rings (SSSR count). The van der Waals surface area contributed by atoms with Crippen molar-refractivity contribution in [1.29, 1.82) is 0 Å². The quantitative estimate of drug-likeness (QED) is 0.846. The van der Waals surface area contributed by atoms with E-state index in [0.717, 1.165) is 30.8 Å². The molecule has 1 fully saturated rings. The summed E-state index contributed by atoms with van der Waals surface area (Å²) in [5, 5.41) is 7.23. The number of hydrogen-bond acceptors (Lipinski definition) is 4. The Balaban J connectivity index is 1.70. The molecule has 7 nitrogen and oxygen atoms in total. The molecule has 2 amide bonds. The van der Waals surface area contributed by atoms with Gasteiger partial charge in [-0.25, -0.2) is 4.79 Å². The maximum atomic E-state index is 12.8. The predicted octanol–water partition coefficient (Wildman–Crippen LogP) is 2.58. The number of rotatable bonds is 1. The highest BCUT2D eigenvalue weighted by Crippen LogP contribution is 2.24. The normalized spacial score (nSPS) is 21.0. The van der Waals surface area contributed by atoms with Crippen LogP contribution >= 0.6 is 0 Å². The number of aromatic amines is 1. The van der Waals surface area contributed by atoms with E-state index in [4.69, 9.17) is 4.74 Å². The standard InChI is InChI=1S/C18H28N4O3/c1-12-6-5-8-21(10-12)16(23)15-13-7-9-22(11-14(13)19-20-15)17(24)25-18(2,3)4/h12H,5-11H2,1-4H3,(H,19,20). The number of aromatic nitrogens is 2. The second kappa shape index (κ2) is 6.69. The summed E-state index contributed by atoms with van der Waals surface area (Å²) < 4.78 is 5.43. The molecule has 1 aromatic rings. The number of likely N-dealkylation sites (tertiary alicyclic amines) is 1. The number of nitrogens with one attached hydrogen (secondary N) is 1. The summed E-state index contributed by atoms with van der Waals surface area (Å²) in [6.07, 6.45) is 2.51. The van der Waals surface area contributed by atoms with E-state index >= 15 is 0 Å². The lowest BCUT2D eigenvalue weighted by atomic mass is 9.99. The Kier molecular flexibility index (Phi) is 4.75. The van der Waals surface area contributed by atoms with Crippen LogP contribution in [-0.4, -0.2) is 57.2 Å². The monoisotopic (exact) mass is 348 g/mol. The summed E-state index contributed by atoms with van der Waals surface area (Å²) >= 11 is 0. The minimum atomic E-state index is -0.516. The van der Waals surface area contributed by atoms with Gasteiger partial charge in [0.2, 0.25) is 0 Å². The van der Waals surface area contributed by atoms with E-state index in [9.17, 15) is 9.59 Å². The maximum Gasteiger partial charge on any atom is 0.410 e. The fourth-order valence-corrected chi connectivity index (χ4v) is 3.50. The number of fused-ring (bicyclic) bond motifs is 1. The third kappa shape index (κ3) is 3.96. The minimum absolute atomic E-state index is 0.00904. The van der Waals surface area contributed by atoms with Gasteiger partial charge in [0.25, 0.3) is 5.91 Å². The highest BCUT2D eigenvalue weighted by molar-refractivity contribution is 5.94. The van der Waals surface area contributed by atoms with Crippen molar-refractivity contribution in [2.45, 2.75) is 59.1 Å². The van der Waals surface area contributed by atoms with Crippen molar-refractivity contribution in [3.8, 4) is 0 Å². The zero-order chi connectivity index (χ0) is 18.2. The molecule has 2 aliphatic heterocycles. The number of nitrogens with zero attached hydrogens (tertiary/aromatic N) is 3. The molecule has 2 aliphatic rings. The minimum Gasteiger partial charge on any atom is -0.444 e. The summed E-state index contributed by atoms with van der Waals surface area (Å²) in [6, 6.07) is 0. The Morgan fingerprint density at radius 2 is 2.00 bits per heavy atom. The van der Waals surface area contributed by atoms with Crippen LogP contribution in [0.4, 0.5) is 4.79 Å². The molecule has 0 bridgehead atoms. The average Bonchev–Trinajstić information content (AvgIpc) is 2.95. The number of hydrogen-bond donors (Lipinski definition) is 1. The van der Waals surface area contributed by atoms with Crippen LogP contribution in [0.3, 0.4) is 0 Å². The van der Waals surface area contributed by atoms with Gasteiger partial charge in [0.1, 0.15) is 5.60 Å². The largest absolute Gasteiger partial charge is 0.444 e. The molecule has 25 heavy (non-hydrogen) atoms. The zero-order valence-corrected chi connectivity index (χ0v) is 15.6. The summed E-state index contributed by atoms with van der Waals surface area (Å²) in [4.78, 5) is 28.6. The number of amides is 2. The van der Waals surface area contributed by atoms with Gasteiger partial charge in [0.15, 0.2) is 5.69 Å². The van der Waals surface area contributed by atoms with Crippen LogP contribution in [0.15, 0.2) is 0 Å². The van der Waals surface area contributed by atoms with Crippen LogP contribution in [-0.2, 0) is 17.7 Å². The van der Waals surface area contributed by atoms with Gasteiger partial charge in [-0.3, -0.25) is 9.89 Å². The molecule has 7 heteroatoms. The van der Waals surface area contributed by atoms with Crippen LogP contribution in [0.2, 0.25) is 0 Å². The number of H-pyrrole nitrogens is 1. The van der Waals surface area contributed by atoms with Crippen molar-refractivity contribution in [3.05, 3.63) is 17.0 Å². The first-order valence-corrected chi connectivity index (χ1v) is 9.08. The first kappa shape index (κ1) is 17.8. The van der Waals surface area contributed by atoms with Crippen molar-refractivity contribution < 1.29 is 14.3 Å². The summed E-state index contributed by atoms with van der Waals surface area (Å²) in [5.41, 5.74) is 1.79. The molecule has 0 saturated carbocycles. The smallest absolute Gasteiger partial charge is 0.410 e. The van der Waals surface area contributed by atoms with E-state index in [1.54, 1.807) is 4.90 Å². The lowest BCUT2D eigenvalue weighted by Gasteiger charge is -2.31. The van der Waals surface area contributed by atoms with Gasteiger partial charge < -0.3 is 14.5 Å². The summed E-state index contributed by atoms with van der Waals surface area (Å²) in [7, 11) is 0. The first-order valence-electron chi connectivity index (χ1n) is 9.08. The number of piperidine rings is 1. The van der Waals surface area contributed by atoms with Crippen LogP contribution in [0, 0.1) is 5.92 Å². The Morgan fingerprint density at radius 3 is 2.68 bits per heavy atom. The molecule has 0 radical (unpaired) electrons. The summed E-state index contributed by atoms with van der Waals surface area (Å²) in [6.45, 7) is 10.3. The second-order valence-electron chi connectivity index (χ2n) is 8.18. The zero-order valence-electron chi connectivity index (χ0n) is 15.6. The van der Waals surface area contributed by atoms with Crippen molar-refractivity contribution in [2.24, 2.45) is 5.92 Å². The Labute approximate surface area is 148 Å².